The first-order chi connectivity index (χ1) is 10.9. The molecule has 1 unspecified atom stereocenters. The number of benzene rings is 1. The van der Waals surface area contributed by atoms with Crippen LogP contribution >= 0.6 is 11.8 Å². The summed E-state index contributed by atoms with van der Waals surface area (Å²) in [5, 5.41) is 10.7. The van der Waals surface area contributed by atoms with Gasteiger partial charge < -0.3 is 5.32 Å². The Morgan fingerprint density at radius 3 is 2.70 bits per heavy atom. The molecular weight excluding hydrogens is 312 g/mol. The molecule has 1 aromatic heterocycles. The van der Waals surface area contributed by atoms with Gasteiger partial charge in [-0.2, -0.15) is 0 Å². The number of amides is 1. The highest BCUT2D eigenvalue weighted by Crippen LogP contribution is 2.24. The van der Waals surface area contributed by atoms with Crippen molar-refractivity contribution in [3.63, 3.8) is 0 Å². The van der Waals surface area contributed by atoms with Crippen molar-refractivity contribution in [2.75, 3.05) is 5.32 Å². The minimum Gasteiger partial charge on any atom is -0.325 e. The molecule has 1 heterocycles. The molecule has 2 aromatic rings. The van der Waals surface area contributed by atoms with E-state index in [0.29, 0.717) is 17.3 Å². The van der Waals surface area contributed by atoms with Gasteiger partial charge in [0.1, 0.15) is 5.69 Å². The van der Waals surface area contributed by atoms with Crippen molar-refractivity contribution >= 4 is 23.4 Å². The maximum atomic E-state index is 12.5. The molecule has 1 atom stereocenters. The number of hydrogen-bond donors (Lipinski definition) is 2. The zero-order valence-electron chi connectivity index (χ0n) is 13.6. The fourth-order valence-corrected chi connectivity index (χ4v) is 2.83. The first-order valence-electron chi connectivity index (χ1n) is 7.39. The smallest absolute Gasteiger partial charge is 0.273 e. The normalized spacial score (nSPS) is 12.0. The maximum Gasteiger partial charge on any atom is 0.273 e. The van der Waals surface area contributed by atoms with Crippen molar-refractivity contribution in [1.29, 1.82) is 0 Å². The summed E-state index contributed by atoms with van der Waals surface area (Å²) in [5.74, 6) is -0.116. The number of anilines is 1. The standard InChI is InChI=1S/C16H20N4O2S/c1-5-13(23-16-18-14(21)11(4)19-20-16)15(22)17-12-8-6-7-9(2)10(12)3/h6-8,13H,5H2,1-4H3,(H,17,22)(H,18,20,21). The average Bonchev–Trinajstić information content (AvgIpc) is 2.52. The van der Waals surface area contributed by atoms with Gasteiger partial charge in [0.2, 0.25) is 5.91 Å². The van der Waals surface area contributed by atoms with Crippen LogP contribution in [-0.4, -0.2) is 26.3 Å². The first kappa shape index (κ1) is 17.2. The van der Waals surface area contributed by atoms with Crippen LogP contribution in [0.15, 0.2) is 28.2 Å². The van der Waals surface area contributed by atoms with E-state index in [1.165, 1.54) is 11.8 Å². The van der Waals surface area contributed by atoms with Crippen molar-refractivity contribution in [2.24, 2.45) is 0 Å². The lowest BCUT2D eigenvalue weighted by atomic mass is 10.1. The van der Waals surface area contributed by atoms with Gasteiger partial charge in [0, 0.05) is 5.69 Å². The van der Waals surface area contributed by atoms with Crippen LogP contribution in [0.3, 0.4) is 0 Å². The second-order valence-corrected chi connectivity index (χ2v) is 6.49. The summed E-state index contributed by atoms with van der Waals surface area (Å²) in [6, 6.07) is 5.80. The highest BCUT2D eigenvalue weighted by Gasteiger charge is 2.20. The molecule has 7 heteroatoms. The van der Waals surface area contributed by atoms with E-state index in [2.05, 4.69) is 20.5 Å². The topological polar surface area (TPSA) is 87.7 Å². The molecule has 0 fully saturated rings. The van der Waals surface area contributed by atoms with Crippen LogP contribution in [0.25, 0.3) is 0 Å². The molecule has 0 saturated heterocycles. The lowest BCUT2D eigenvalue weighted by Crippen LogP contribution is -2.26. The third-order valence-electron chi connectivity index (χ3n) is 3.62. The molecule has 0 spiro atoms. The second kappa shape index (κ2) is 7.41. The molecule has 0 aliphatic rings. The number of rotatable bonds is 5. The van der Waals surface area contributed by atoms with E-state index in [4.69, 9.17) is 0 Å². The number of hydrogen-bond acceptors (Lipinski definition) is 5. The van der Waals surface area contributed by atoms with Crippen LogP contribution in [0, 0.1) is 20.8 Å². The Hall–Kier alpha value is -2.15. The van der Waals surface area contributed by atoms with Crippen LogP contribution in [0.2, 0.25) is 0 Å². The van der Waals surface area contributed by atoms with Gasteiger partial charge in [0.25, 0.3) is 5.56 Å². The molecule has 0 aliphatic carbocycles. The molecule has 0 bridgehead atoms. The minimum atomic E-state index is -0.359. The largest absolute Gasteiger partial charge is 0.325 e. The molecule has 2 rings (SSSR count). The molecule has 23 heavy (non-hydrogen) atoms. The van der Waals surface area contributed by atoms with Gasteiger partial charge in [-0.05, 0) is 44.4 Å². The van der Waals surface area contributed by atoms with Gasteiger partial charge in [0.15, 0.2) is 5.16 Å². The summed E-state index contributed by atoms with van der Waals surface area (Å²) in [6.45, 7) is 7.48. The lowest BCUT2D eigenvalue weighted by Gasteiger charge is -2.15. The van der Waals surface area contributed by atoms with Crippen molar-refractivity contribution in [3.05, 3.63) is 45.4 Å². The molecule has 6 nitrogen and oxygen atoms in total. The van der Waals surface area contributed by atoms with Crippen molar-refractivity contribution < 1.29 is 4.79 Å². The van der Waals surface area contributed by atoms with E-state index >= 15 is 0 Å². The van der Waals surface area contributed by atoms with Gasteiger partial charge in [-0.15, -0.1) is 10.2 Å². The first-order valence-corrected chi connectivity index (χ1v) is 8.27. The number of carbonyl (C=O) groups is 1. The predicted octanol–water partition coefficient (Wildman–Crippen LogP) is 2.60. The van der Waals surface area contributed by atoms with Gasteiger partial charge in [-0.25, -0.2) is 0 Å². The number of aromatic nitrogens is 3. The van der Waals surface area contributed by atoms with E-state index in [-0.39, 0.29) is 16.7 Å². The van der Waals surface area contributed by atoms with Crippen LogP contribution < -0.4 is 10.9 Å². The van der Waals surface area contributed by atoms with Gasteiger partial charge >= 0.3 is 0 Å². The van der Waals surface area contributed by atoms with Crippen molar-refractivity contribution in [2.45, 2.75) is 44.5 Å². The quantitative estimate of drug-likeness (QED) is 0.822. The highest BCUT2D eigenvalue weighted by molar-refractivity contribution is 8.00. The molecule has 2 N–H and O–H groups in total. The lowest BCUT2D eigenvalue weighted by molar-refractivity contribution is -0.115. The Kier molecular flexibility index (Phi) is 5.54. The van der Waals surface area contributed by atoms with E-state index in [1.54, 1.807) is 6.92 Å². The van der Waals surface area contributed by atoms with Crippen LogP contribution in [0.5, 0.6) is 0 Å². The summed E-state index contributed by atoms with van der Waals surface area (Å²) in [5.41, 5.74) is 2.99. The Labute approximate surface area is 139 Å². The zero-order chi connectivity index (χ0) is 17.0. The fraction of sp³-hybridized carbons (Fsp3) is 0.375. The number of nitrogens with zero attached hydrogens (tertiary/aromatic N) is 2. The summed E-state index contributed by atoms with van der Waals surface area (Å²) in [6.07, 6.45) is 0.610. The van der Waals surface area contributed by atoms with E-state index in [0.717, 1.165) is 16.8 Å². The third kappa shape index (κ3) is 4.19. The SMILES string of the molecule is CCC(Sc1nnc(C)c(=O)[nH]1)C(=O)Nc1cccc(C)c1C. The van der Waals surface area contributed by atoms with E-state index < -0.39 is 0 Å². The minimum absolute atomic E-state index is 0.116. The Balaban J connectivity index is 2.13. The Bertz CT molecular complexity index is 773. The number of carbonyl (C=O) groups excluding carboxylic acids is 1. The van der Waals surface area contributed by atoms with E-state index in [9.17, 15) is 9.59 Å². The monoisotopic (exact) mass is 332 g/mol. The van der Waals surface area contributed by atoms with Crippen LogP contribution in [0.4, 0.5) is 5.69 Å². The predicted molar refractivity (Wildman–Crippen MR) is 91.9 cm³/mol. The van der Waals surface area contributed by atoms with Crippen molar-refractivity contribution in [3.8, 4) is 0 Å². The summed E-state index contributed by atoms with van der Waals surface area (Å²) in [4.78, 5) is 26.7. The maximum absolute atomic E-state index is 12.5. The van der Waals surface area contributed by atoms with Gasteiger partial charge in [-0.3, -0.25) is 14.6 Å². The summed E-state index contributed by atoms with van der Waals surface area (Å²) >= 11 is 1.21. The molecule has 0 aliphatic heterocycles. The second-order valence-electron chi connectivity index (χ2n) is 5.30. The number of thioether (sulfide) groups is 1. The number of aromatic amines is 1. The molecular formula is C16H20N4O2S. The molecule has 0 radical (unpaired) electrons. The van der Waals surface area contributed by atoms with Crippen molar-refractivity contribution in [1.82, 2.24) is 15.2 Å². The van der Waals surface area contributed by atoms with Gasteiger partial charge in [-0.1, -0.05) is 30.8 Å². The van der Waals surface area contributed by atoms with Gasteiger partial charge in [0.05, 0.1) is 5.25 Å². The molecule has 1 aromatic carbocycles. The number of nitrogens with one attached hydrogen (secondary N) is 2. The number of aryl methyl sites for hydroxylation is 2. The molecule has 1 amide bonds. The zero-order valence-corrected chi connectivity index (χ0v) is 14.5. The van der Waals surface area contributed by atoms with Crippen LogP contribution in [-0.2, 0) is 4.79 Å². The fourth-order valence-electron chi connectivity index (χ4n) is 1.99. The molecule has 122 valence electrons. The Morgan fingerprint density at radius 1 is 1.30 bits per heavy atom. The summed E-state index contributed by atoms with van der Waals surface area (Å²) < 4.78 is 0. The molecule has 0 saturated carbocycles. The third-order valence-corrected chi connectivity index (χ3v) is 4.86. The average molecular weight is 332 g/mol. The summed E-state index contributed by atoms with van der Waals surface area (Å²) in [7, 11) is 0. The van der Waals surface area contributed by atoms with Crippen LogP contribution in [0.1, 0.15) is 30.2 Å². The van der Waals surface area contributed by atoms with E-state index in [1.807, 2.05) is 39.0 Å². The Morgan fingerprint density at radius 2 is 2.04 bits per heavy atom. The highest BCUT2D eigenvalue weighted by atomic mass is 32.2. The number of H-pyrrole nitrogens is 1.